The summed E-state index contributed by atoms with van der Waals surface area (Å²) in [5.41, 5.74) is 0. The zero-order valence-electron chi connectivity index (χ0n) is 11.0. The monoisotopic (exact) mass is 249 g/mol. The van der Waals surface area contributed by atoms with Crippen LogP contribution in [0.1, 0.15) is 29.1 Å². The van der Waals surface area contributed by atoms with E-state index in [1.54, 1.807) is 7.11 Å². The molecule has 98 valence electrons. The highest BCUT2D eigenvalue weighted by atomic mass is 16.5. The molecule has 4 nitrogen and oxygen atoms in total. The van der Waals surface area contributed by atoms with Crippen LogP contribution < -0.4 is 5.32 Å². The molecule has 0 bridgehead atoms. The second-order valence-corrected chi connectivity index (χ2v) is 4.35. The van der Waals surface area contributed by atoms with Crippen molar-refractivity contribution in [2.24, 2.45) is 0 Å². The molecule has 0 aliphatic heterocycles. The molecular weight excluding hydrogens is 230 g/mol. The Balaban J connectivity index is 1.98. The molecule has 2 aromatic heterocycles. The number of rotatable bonds is 6. The summed E-state index contributed by atoms with van der Waals surface area (Å²) in [4.78, 5) is 0. The first-order chi connectivity index (χ1) is 8.69. The van der Waals surface area contributed by atoms with Crippen LogP contribution in [-0.4, -0.2) is 13.7 Å². The second-order valence-electron chi connectivity index (χ2n) is 4.35. The van der Waals surface area contributed by atoms with Crippen molar-refractivity contribution < 1.29 is 13.6 Å². The predicted molar refractivity (Wildman–Crippen MR) is 68.3 cm³/mol. The summed E-state index contributed by atoms with van der Waals surface area (Å²) >= 11 is 0. The van der Waals surface area contributed by atoms with Gasteiger partial charge in [-0.15, -0.1) is 0 Å². The lowest BCUT2D eigenvalue weighted by Gasteiger charge is -2.14. The maximum atomic E-state index is 5.62. The van der Waals surface area contributed by atoms with Crippen LogP contribution in [0, 0.1) is 13.8 Å². The SMILES string of the molecule is COC[C@@H](NCc1ccc(C)o1)c1ccc(C)o1. The molecule has 1 atom stereocenters. The predicted octanol–water partition coefficient (Wildman–Crippen LogP) is 2.97. The Kier molecular flexibility index (Phi) is 4.23. The van der Waals surface area contributed by atoms with E-state index < -0.39 is 0 Å². The van der Waals surface area contributed by atoms with E-state index in [0.29, 0.717) is 13.2 Å². The maximum Gasteiger partial charge on any atom is 0.123 e. The fourth-order valence-corrected chi connectivity index (χ4v) is 1.85. The molecule has 0 amide bonds. The van der Waals surface area contributed by atoms with Crippen molar-refractivity contribution in [3.8, 4) is 0 Å². The summed E-state index contributed by atoms with van der Waals surface area (Å²) in [6, 6.07) is 7.89. The van der Waals surface area contributed by atoms with Gasteiger partial charge in [0.2, 0.25) is 0 Å². The lowest BCUT2D eigenvalue weighted by Crippen LogP contribution is -2.24. The molecule has 0 aliphatic carbocycles. The van der Waals surface area contributed by atoms with E-state index in [2.05, 4.69) is 5.32 Å². The Hall–Kier alpha value is -1.52. The molecule has 0 unspecified atom stereocenters. The van der Waals surface area contributed by atoms with Crippen molar-refractivity contribution in [2.45, 2.75) is 26.4 Å². The number of hydrogen-bond acceptors (Lipinski definition) is 4. The van der Waals surface area contributed by atoms with Gasteiger partial charge in [-0.1, -0.05) is 0 Å². The quantitative estimate of drug-likeness (QED) is 0.855. The Bertz CT molecular complexity index is 487. The zero-order valence-corrected chi connectivity index (χ0v) is 11.0. The van der Waals surface area contributed by atoms with Crippen molar-refractivity contribution in [1.29, 1.82) is 0 Å². The van der Waals surface area contributed by atoms with Gasteiger partial charge in [0.1, 0.15) is 23.0 Å². The molecule has 0 aliphatic rings. The highest BCUT2D eigenvalue weighted by Crippen LogP contribution is 2.17. The third-order valence-electron chi connectivity index (χ3n) is 2.76. The van der Waals surface area contributed by atoms with Crippen LogP contribution in [0.25, 0.3) is 0 Å². The number of hydrogen-bond donors (Lipinski definition) is 1. The van der Waals surface area contributed by atoms with Gasteiger partial charge >= 0.3 is 0 Å². The minimum atomic E-state index is 0.0362. The summed E-state index contributed by atoms with van der Waals surface area (Å²) in [5.74, 6) is 3.63. The molecule has 0 fully saturated rings. The fraction of sp³-hybridized carbons (Fsp3) is 0.429. The van der Waals surface area contributed by atoms with Gasteiger partial charge in [-0.3, -0.25) is 5.32 Å². The van der Waals surface area contributed by atoms with Crippen molar-refractivity contribution in [3.63, 3.8) is 0 Å². The normalized spacial score (nSPS) is 12.8. The Morgan fingerprint density at radius 3 is 2.39 bits per heavy atom. The van der Waals surface area contributed by atoms with Crippen molar-refractivity contribution in [1.82, 2.24) is 5.32 Å². The van der Waals surface area contributed by atoms with Crippen LogP contribution in [0.5, 0.6) is 0 Å². The van der Waals surface area contributed by atoms with E-state index in [-0.39, 0.29) is 6.04 Å². The summed E-state index contributed by atoms with van der Waals surface area (Å²) in [6.07, 6.45) is 0. The summed E-state index contributed by atoms with van der Waals surface area (Å²) in [5, 5.41) is 3.37. The maximum absolute atomic E-state index is 5.62. The van der Waals surface area contributed by atoms with Gasteiger partial charge in [0.15, 0.2) is 0 Å². The van der Waals surface area contributed by atoms with Gasteiger partial charge in [0, 0.05) is 7.11 Å². The number of furan rings is 2. The minimum absolute atomic E-state index is 0.0362. The van der Waals surface area contributed by atoms with Crippen LogP contribution in [0.2, 0.25) is 0 Å². The van der Waals surface area contributed by atoms with Crippen LogP contribution in [0.4, 0.5) is 0 Å². The van der Waals surface area contributed by atoms with Gasteiger partial charge in [0.25, 0.3) is 0 Å². The smallest absolute Gasteiger partial charge is 0.123 e. The van der Waals surface area contributed by atoms with Crippen LogP contribution in [-0.2, 0) is 11.3 Å². The number of aryl methyl sites for hydroxylation is 2. The van der Waals surface area contributed by atoms with Gasteiger partial charge in [-0.05, 0) is 38.1 Å². The third-order valence-corrected chi connectivity index (χ3v) is 2.76. The highest BCUT2D eigenvalue weighted by Gasteiger charge is 2.15. The number of methoxy groups -OCH3 is 1. The molecule has 0 saturated carbocycles. The van der Waals surface area contributed by atoms with E-state index >= 15 is 0 Å². The van der Waals surface area contributed by atoms with Crippen LogP contribution in [0.15, 0.2) is 33.1 Å². The first kappa shape index (κ1) is 12.9. The van der Waals surface area contributed by atoms with E-state index in [9.17, 15) is 0 Å². The van der Waals surface area contributed by atoms with Crippen molar-refractivity contribution >= 4 is 0 Å². The molecule has 2 rings (SSSR count). The molecule has 0 aromatic carbocycles. The van der Waals surface area contributed by atoms with Crippen LogP contribution >= 0.6 is 0 Å². The lowest BCUT2D eigenvalue weighted by atomic mass is 10.2. The Morgan fingerprint density at radius 1 is 1.11 bits per heavy atom. The van der Waals surface area contributed by atoms with E-state index in [1.807, 2.05) is 38.1 Å². The van der Waals surface area contributed by atoms with Crippen molar-refractivity contribution in [3.05, 3.63) is 47.3 Å². The largest absolute Gasteiger partial charge is 0.465 e. The molecule has 0 spiro atoms. The second kappa shape index (κ2) is 5.89. The molecule has 18 heavy (non-hydrogen) atoms. The van der Waals surface area contributed by atoms with Gasteiger partial charge < -0.3 is 13.6 Å². The zero-order chi connectivity index (χ0) is 13.0. The van der Waals surface area contributed by atoms with Crippen molar-refractivity contribution in [2.75, 3.05) is 13.7 Å². The first-order valence-corrected chi connectivity index (χ1v) is 6.03. The fourth-order valence-electron chi connectivity index (χ4n) is 1.85. The molecule has 0 radical (unpaired) electrons. The molecule has 4 heteroatoms. The summed E-state index contributed by atoms with van der Waals surface area (Å²) in [6.45, 7) is 5.09. The topological polar surface area (TPSA) is 47.5 Å². The Morgan fingerprint density at radius 2 is 1.83 bits per heavy atom. The average Bonchev–Trinajstić information content (AvgIpc) is 2.94. The average molecular weight is 249 g/mol. The molecule has 2 aromatic rings. The standard InChI is InChI=1S/C14H19NO3/c1-10-4-6-12(17-10)8-15-13(9-16-3)14-7-5-11(2)18-14/h4-7,13,15H,8-9H2,1-3H3/t13-/m1/s1. The van der Waals surface area contributed by atoms with Crippen LogP contribution in [0.3, 0.4) is 0 Å². The Labute approximate surface area is 107 Å². The minimum Gasteiger partial charge on any atom is -0.465 e. The number of ether oxygens (including phenoxy) is 1. The summed E-state index contributed by atoms with van der Waals surface area (Å²) < 4.78 is 16.3. The third kappa shape index (κ3) is 3.24. The van der Waals surface area contributed by atoms with E-state index in [1.165, 1.54) is 0 Å². The lowest BCUT2D eigenvalue weighted by molar-refractivity contribution is 0.154. The first-order valence-electron chi connectivity index (χ1n) is 6.03. The van der Waals surface area contributed by atoms with E-state index in [4.69, 9.17) is 13.6 Å². The molecule has 1 N–H and O–H groups in total. The van der Waals surface area contributed by atoms with Gasteiger partial charge in [-0.25, -0.2) is 0 Å². The summed E-state index contributed by atoms with van der Waals surface area (Å²) in [7, 11) is 1.68. The van der Waals surface area contributed by atoms with Gasteiger partial charge in [-0.2, -0.15) is 0 Å². The highest BCUT2D eigenvalue weighted by molar-refractivity contribution is 5.11. The van der Waals surface area contributed by atoms with E-state index in [0.717, 1.165) is 23.0 Å². The molecule has 0 saturated heterocycles. The molecule has 2 heterocycles. The van der Waals surface area contributed by atoms with Gasteiger partial charge in [0.05, 0.1) is 19.2 Å². The molecular formula is C14H19NO3. The number of nitrogens with one attached hydrogen (secondary N) is 1.